The standard InChI is InChI=1S/C14H25N3/c1-10-13(11(2)17-12(3)16-10)8-7-9-15-14(4,5)6/h15H,7-9H2,1-6H3. The highest BCUT2D eigenvalue weighted by molar-refractivity contribution is 5.24. The third-order valence-corrected chi connectivity index (χ3v) is 2.79. The Bertz CT molecular complexity index is 355. The van der Waals surface area contributed by atoms with Crippen LogP contribution in [0.3, 0.4) is 0 Å². The third-order valence-electron chi connectivity index (χ3n) is 2.79. The summed E-state index contributed by atoms with van der Waals surface area (Å²) < 4.78 is 0. The molecular formula is C14H25N3. The second kappa shape index (κ2) is 5.58. The van der Waals surface area contributed by atoms with Gasteiger partial charge in [0.2, 0.25) is 0 Å². The Hall–Kier alpha value is -0.960. The maximum atomic E-state index is 4.43. The van der Waals surface area contributed by atoms with Crippen LogP contribution < -0.4 is 5.32 Å². The van der Waals surface area contributed by atoms with E-state index in [0.29, 0.717) is 0 Å². The van der Waals surface area contributed by atoms with E-state index in [2.05, 4.69) is 49.9 Å². The Morgan fingerprint density at radius 3 is 2.00 bits per heavy atom. The molecule has 1 aromatic rings. The van der Waals surface area contributed by atoms with Crippen molar-refractivity contribution >= 4 is 0 Å². The zero-order valence-corrected chi connectivity index (χ0v) is 12.0. The molecule has 96 valence electrons. The largest absolute Gasteiger partial charge is 0.312 e. The third kappa shape index (κ3) is 4.82. The summed E-state index contributed by atoms with van der Waals surface area (Å²) in [7, 11) is 0. The predicted molar refractivity (Wildman–Crippen MR) is 72.3 cm³/mol. The van der Waals surface area contributed by atoms with Crippen LogP contribution in [0.1, 0.15) is 50.0 Å². The van der Waals surface area contributed by atoms with E-state index in [0.717, 1.165) is 36.6 Å². The van der Waals surface area contributed by atoms with Gasteiger partial charge >= 0.3 is 0 Å². The van der Waals surface area contributed by atoms with Crippen molar-refractivity contribution in [2.45, 2.75) is 59.9 Å². The minimum atomic E-state index is 0.202. The molecule has 0 radical (unpaired) electrons. The number of hydrogen-bond donors (Lipinski definition) is 1. The second-order valence-electron chi connectivity index (χ2n) is 5.70. The summed E-state index contributed by atoms with van der Waals surface area (Å²) in [5.74, 6) is 0.872. The molecule has 0 aromatic carbocycles. The molecule has 0 amide bonds. The van der Waals surface area contributed by atoms with E-state index < -0.39 is 0 Å². The fraction of sp³-hybridized carbons (Fsp3) is 0.714. The van der Waals surface area contributed by atoms with Crippen molar-refractivity contribution in [2.24, 2.45) is 0 Å². The van der Waals surface area contributed by atoms with E-state index in [1.165, 1.54) is 5.56 Å². The Morgan fingerprint density at radius 2 is 1.53 bits per heavy atom. The fourth-order valence-corrected chi connectivity index (χ4v) is 2.00. The summed E-state index contributed by atoms with van der Waals surface area (Å²) in [6.45, 7) is 13.7. The molecule has 0 saturated carbocycles. The van der Waals surface area contributed by atoms with Crippen LogP contribution in [0.2, 0.25) is 0 Å². The second-order valence-corrected chi connectivity index (χ2v) is 5.70. The smallest absolute Gasteiger partial charge is 0.125 e. The highest BCUT2D eigenvalue weighted by atomic mass is 14.9. The SMILES string of the molecule is Cc1nc(C)c(CCCNC(C)(C)C)c(C)n1. The molecule has 0 unspecified atom stereocenters. The average molecular weight is 235 g/mol. The minimum Gasteiger partial charge on any atom is -0.312 e. The van der Waals surface area contributed by atoms with Gasteiger partial charge in [-0.1, -0.05) is 0 Å². The summed E-state index contributed by atoms with van der Waals surface area (Å²) in [5, 5.41) is 3.50. The molecule has 17 heavy (non-hydrogen) atoms. The zero-order valence-electron chi connectivity index (χ0n) is 12.0. The van der Waals surface area contributed by atoms with E-state index in [9.17, 15) is 0 Å². The molecule has 0 aliphatic rings. The van der Waals surface area contributed by atoms with Crippen LogP contribution in [0.4, 0.5) is 0 Å². The molecule has 0 aliphatic carbocycles. The number of hydrogen-bond acceptors (Lipinski definition) is 3. The lowest BCUT2D eigenvalue weighted by Gasteiger charge is -2.20. The fourth-order valence-electron chi connectivity index (χ4n) is 2.00. The van der Waals surface area contributed by atoms with Gasteiger partial charge in [-0.2, -0.15) is 0 Å². The molecule has 0 fully saturated rings. The maximum absolute atomic E-state index is 4.43. The molecule has 1 rings (SSSR count). The molecule has 3 heteroatoms. The molecule has 0 bridgehead atoms. The van der Waals surface area contributed by atoms with Crippen LogP contribution in [0.15, 0.2) is 0 Å². The summed E-state index contributed by atoms with van der Waals surface area (Å²) in [6, 6.07) is 0. The van der Waals surface area contributed by atoms with Gasteiger partial charge in [0.1, 0.15) is 5.82 Å². The number of nitrogens with one attached hydrogen (secondary N) is 1. The lowest BCUT2D eigenvalue weighted by atomic mass is 10.1. The first-order chi connectivity index (χ1) is 7.79. The lowest BCUT2D eigenvalue weighted by molar-refractivity contribution is 0.422. The molecule has 3 nitrogen and oxygen atoms in total. The number of nitrogens with zero attached hydrogens (tertiary/aromatic N) is 2. The van der Waals surface area contributed by atoms with Gasteiger partial charge in [-0.15, -0.1) is 0 Å². The number of rotatable bonds is 4. The highest BCUT2D eigenvalue weighted by Crippen LogP contribution is 2.12. The van der Waals surface area contributed by atoms with Crippen LogP contribution >= 0.6 is 0 Å². The van der Waals surface area contributed by atoms with Crippen molar-refractivity contribution in [1.29, 1.82) is 0 Å². The van der Waals surface area contributed by atoms with E-state index in [4.69, 9.17) is 0 Å². The maximum Gasteiger partial charge on any atom is 0.125 e. The van der Waals surface area contributed by atoms with E-state index in [1.807, 2.05) is 6.92 Å². The van der Waals surface area contributed by atoms with Crippen molar-refractivity contribution < 1.29 is 0 Å². The summed E-state index contributed by atoms with van der Waals surface area (Å²) in [6.07, 6.45) is 2.19. The first kappa shape index (κ1) is 14.1. The molecule has 0 saturated heterocycles. The Kier molecular flexibility index (Phi) is 4.63. The normalized spacial score (nSPS) is 11.9. The number of aromatic nitrogens is 2. The van der Waals surface area contributed by atoms with Crippen molar-refractivity contribution in [3.8, 4) is 0 Å². The van der Waals surface area contributed by atoms with Crippen molar-refractivity contribution in [1.82, 2.24) is 15.3 Å². The van der Waals surface area contributed by atoms with Gasteiger partial charge in [0.05, 0.1) is 0 Å². The average Bonchev–Trinajstić information content (AvgIpc) is 2.13. The molecule has 0 atom stereocenters. The molecule has 1 N–H and O–H groups in total. The quantitative estimate of drug-likeness (QED) is 0.815. The van der Waals surface area contributed by atoms with Crippen LogP contribution in [0.5, 0.6) is 0 Å². The minimum absolute atomic E-state index is 0.202. The predicted octanol–water partition coefficient (Wildman–Crippen LogP) is 2.72. The van der Waals surface area contributed by atoms with Crippen molar-refractivity contribution in [3.05, 3.63) is 22.8 Å². The van der Waals surface area contributed by atoms with E-state index in [1.54, 1.807) is 0 Å². The molecule has 1 aromatic heterocycles. The van der Waals surface area contributed by atoms with Crippen molar-refractivity contribution in [2.75, 3.05) is 6.54 Å². The Morgan fingerprint density at radius 1 is 1.00 bits per heavy atom. The Labute approximate surface area is 105 Å². The van der Waals surface area contributed by atoms with Crippen LogP contribution in [0, 0.1) is 20.8 Å². The van der Waals surface area contributed by atoms with Gasteiger partial charge in [-0.3, -0.25) is 0 Å². The van der Waals surface area contributed by atoms with E-state index >= 15 is 0 Å². The zero-order chi connectivity index (χ0) is 13.1. The van der Waals surface area contributed by atoms with Crippen molar-refractivity contribution in [3.63, 3.8) is 0 Å². The van der Waals surface area contributed by atoms with Crippen LogP contribution in [-0.4, -0.2) is 22.1 Å². The lowest BCUT2D eigenvalue weighted by Crippen LogP contribution is -2.36. The first-order valence-electron chi connectivity index (χ1n) is 6.35. The van der Waals surface area contributed by atoms with Gasteiger partial charge in [-0.05, 0) is 66.5 Å². The molecule has 0 spiro atoms. The first-order valence-corrected chi connectivity index (χ1v) is 6.35. The van der Waals surface area contributed by atoms with Gasteiger partial charge in [0, 0.05) is 16.9 Å². The van der Waals surface area contributed by atoms with Crippen LogP contribution in [0.25, 0.3) is 0 Å². The van der Waals surface area contributed by atoms with Gasteiger partial charge in [0.15, 0.2) is 0 Å². The van der Waals surface area contributed by atoms with Crippen LogP contribution in [-0.2, 0) is 6.42 Å². The highest BCUT2D eigenvalue weighted by Gasteiger charge is 2.09. The summed E-state index contributed by atoms with van der Waals surface area (Å²) in [4.78, 5) is 8.86. The van der Waals surface area contributed by atoms with Gasteiger partial charge in [0.25, 0.3) is 0 Å². The summed E-state index contributed by atoms with van der Waals surface area (Å²) in [5.41, 5.74) is 3.77. The molecule has 0 aliphatic heterocycles. The monoisotopic (exact) mass is 235 g/mol. The van der Waals surface area contributed by atoms with Gasteiger partial charge in [-0.25, -0.2) is 9.97 Å². The summed E-state index contributed by atoms with van der Waals surface area (Å²) >= 11 is 0. The van der Waals surface area contributed by atoms with Gasteiger partial charge < -0.3 is 5.32 Å². The number of aryl methyl sites for hydroxylation is 3. The van der Waals surface area contributed by atoms with E-state index in [-0.39, 0.29) is 5.54 Å². The topological polar surface area (TPSA) is 37.8 Å². The molecular weight excluding hydrogens is 210 g/mol. The molecule has 1 heterocycles. The Balaban J connectivity index is 2.53.